The average Bonchev–Trinajstić information content (AvgIpc) is 2.60. The fourth-order valence-electron chi connectivity index (χ4n) is 0.754. The molecule has 2 heteroatoms. The quantitative estimate of drug-likeness (QED) is 0.248. The molecule has 0 radical (unpaired) electrons. The highest BCUT2D eigenvalue weighted by Gasteiger charge is 2.30. The molecule has 1 fully saturated rings. The Bertz CT molecular complexity index is 169. The maximum atomic E-state index is 4.94. The van der Waals surface area contributed by atoms with E-state index in [1.54, 1.807) is 0 Å². The molecule has 10 heavy (non-hydrogen) atoms. The van der Waals surface area contributed by atoms with Crippen LogP contribution in [-0.2, 0) is 4.84 Å². The van der Waals surface area contributed by atoms with Gasteiger partial charge in [-0.05, 0) is 12.3 Å². The Morgan fingerprint density at radius 2 is 2.60 bits per heavy atom. The van der Waals surface area contributed by atoms with Gasteiger partial charge in [-0.3, -0.25) is 0 Å². The molecule has 1 rings (SSSR count). The van der Waals surface area contributed by atoms with Crippen molar-refractivity contribution >= 4 is 6.21 Å². The second-order valence-corrected chi connectivity index (χ2v) is 2.61. The summed E-state index contributed by atoms with van der Waals surface area (Å²) < 4.78 is 0. The third-order valence-corrected chi connectivity index (χ3v) is 1.65. The van der Waals surface area contributed by atoms with Crippen molar-refractivity contribution in [3.63, 3.8) is 0 Å². The Labute approximate surface area is 61.3 Å². The van der Waals surface area contributed by atoms with Gasteiger partial charge in [-0.25, -0.2) is 0 Å². The third-order valence-electron chi connectivity index (χ3n) is 1.65. The molecule has 1 saturated carbocycles. The number of terminal acetylenes is 1. The van der Waals surface area contributed by atoms with E-state index in [0.29, 0.717) is 5.92 Å². The van der Waals surface area contributed by atoms with E-state index in [1.165, 1.54) is 6.42 Å². The van der Waals surface area contributed by atoms with Crippen molar-refractivity contribution in [1.82, 2.24) is 0 Å². The molecule has 1 aliphatic rings. The van der Waals surface area contributed by atoms with E-state index in [9.17, 15) is 0 Å². The number of oxime groups is 1. The monoisotopic (exact) mass is 137 g/mol. The maximum Gasteiger partial charge on any atom is 0.177 e. The van der Waals surface area contributed by atoms with Crippen LogP contribution < -0.4 is 0 Å². The predicted octanol–water partition coefficient (Wildman–Crippen LogP) is 1.28. The highest BCUT2D eigenvalue weighted by molar-refractivity contribution is 5.63. The maximum absolute atomic E-state index is 4.94. The van der Waals surface area contributed by atoms with Gasteiger partial charge in [0.2, 0.25) is 0 Å². The van der Waals surface area contributed by atoms with Gasteiger partial charge in [0.25, 0.3) is 0 Å². The first-order chi connectivity index (χ1) is 4.84. The largest absolute Gasteiger partial charge is 0.383 e. The van der Waals surface area contributed by atoms with Gasteiger partial charge in [0.05, 0.1) is 0 Å². The van der Waals surface area contributed by atoms with E-state index < -0.39 is 0 Å². The van der Waals surface area contributed by atoms with E-state index in [-0.39, 0.29) is 6.61 Å². The summed E-state index contributed by atoms with van der Waals surface area (Å²) in [6.45, 7) is 2.47. The van der Waals surface area contributed by atoms with E-state index in [4.69, 9.17) is 11.3 Å². The van der Waals surface area contributed by atoms with Gasteiger partial charge in [-0.2, -0.15) is 0 Å². The topological polar surface area (TPSA) is 21.6 Å². The van der Waals surface area contributed by atoms with Gasteiger partial charge in [0, 0.05) is 12.1 Å². The molecule has 0 amide bonds. The smallest absolute Gasteiger partial charge is 0.177 e. The predicted molar refractivity (Wildman–Crippen MR) is 40.5 cm³/mol. The van der Waals surface area contributed by atoms with Crippen LogP contribution in [0.2, 0.25) is 0 Å². The van der Waals surface area contributed by atoms with Crippen molar-refractivity contribution in [2.75, 3.05) is 6.61 Å². The summed E-state index contributed by atoms with van der Waals surface area (Å²) in [7, 11) is 0. The zero-order valence-corrected chi connectivity index (χ0v) is 6.08. The molecule has 0 heterocycles. The van der Waals surface area contributed by atoms with Crippen LogP contribution in [0.1, 0.15) is 13.3 Å². The van der Waals surface area contributed by atoms with Crippen molar-refractivity contribution in [1.29, 1.82) is 0 Å². The number of hydrogen-bond donors (Lipinski definition) is 0. The normalized spacial score (nSPS) is 30.0. The molecule has 2 unspecified atom stereocenters. The van der Waals surface area contributed by atoms with Crippen LogP contribution in [0.15, 0.2) is 5.16 Å². The van der Waals surface area contributed by atoms with Gasteiger partial charge in [-0.15, -0.1) is 6.42 Å². The van der Waals surface area contributed by atoms with Crippen LogP contribution in [0.3, 0.4) is 0 Å². The molecule has 0 bridgehead atoms. The van der Waals surface area contributed by atoms with Crippen LogP contribution in [0.4, 0.5) is 0 Å². The lowest BCUT2D eigenvalue weighted by atomic mass is 10.4. The Morgan fingerprint density at radius 1 is 1.90 bits per heavy atom. The molecule has 0 saturated heterocycles. The Kier molecular flexibility index (Phi) is 2.33. The van der Waals surface area contributed by atoms with E-state index in [0.717, 1.165) is 5.92 Å². The number of hydrogen-bond acceptors (Lipinski definition) is 2. The summed E-state index contributed by atoms with van der Waals surface area (Å²) in [4.78, 5) is 4.72. The van der Waals surface area contributed by atoms with Crippen LogP contribution >= 0.6 is 0 Å². The second-order valence-electron chi connectivity index (χ2n) is 2.61. The Morgan fingerprint density at radius 3 is 3.10 bits per heavy atom. The lowest BCUT2D eigenvalue weighted by Crippen LogP contribution is -1.85. The highest BCUT2D eigenvalue weighted by Crippen LogP contribution is 2.35. The van der Waals surface area contributed by atoms with Crippen LogP contribution in [-0.4, -0.2) is 12.8 Å². The van der Waals surface area contributed by atoms with Crippen LogP contribution in [0.25, 0.3) is 0 Å². The van der Waals surface area contributed by atoms with Gasteiger partial charge in [0.15, 0.2) is 6.61 Å². The van der Waals surface area contributed by atoms with Crippen LogP contribution in [0.5, 0.6) is 0 Å². The van der Waals surface area contributed by atoms with E-state index in [2.05, 4.69) is 18.0 Å². The molecule has 1 aliphatic carbocycles. The van der Waals surface area contributed by atoms with Crippen molar-refractivity contribution in [2.45, 2.75) is 13.3 Å². The van der Waals surface area contributed by atoms with Crippen molar-refractivity contribution < 1.29 is 4.84 Å². The average molecular weight is 137 g/mol. The molecule has 0 aromatic rings. The van der Waals surface area contributed by atoms with Crippen molar-refractivity contribution in [3.8, 4) is 12.3 Å². The Hall–Kier alpha value is -0.970. The number of nitrogens with zero attached hydrogens (tertiary/aromatic N) is 1. The van der Waals surface area contributed by atoms with Gasteiger partial charge >= 0.3 is 0 Å². The molecule has 0 aliphatic heterocycles. The number of rotatable bonds is 3. The zero-order chi connectivity index (χ0) is 7.40. The summed E-state index contributed by atoms with van der Waals surface area (Å²) in [5, 5.41) is 3.71. The standard InChI is InChI=1S/C8H11NO/c1-3-4-10-9-6-8-5-7(8)2/h1,6-8H,4-5H2,2H3/b9-6+. The lowest BCUT2D eigenvalue weighted by molar-refractivity contribution is 0.180. The molecule has 0 spiro atoms. The SMILES string of the molecule is C#CCO/N=C/C1CC1C. The molecule has 0 aromatic carbocycles. The molecule has 0 aromatic heterocycles. The molecular formula is C8H11NO. The van der Waals surface area contributed by atoms with Crippen LogP contribution in [0, 0.1) is 24.2 Å². The third kappa shape index (κ3) is 2.10. The summed E-state index contributed by atoms with van der Waals surface area (Å²) >= 11 is 0. The fraction of sp³-hybridized carbons (Fsp3) is 0.625. The first kappa shape index (κ1) is 7.14. The highest BCUT2D eigenvalue weighted by atomic mass is 16.6. The van der Waals surface area contributed by atoms with E-state index in [1.807, 2.05) is 6.21 Å². The summed E-state index contributed by atoms with van der Waals surface area (Å²) in [5.74, 6) is 3.76. The van der Waals surface area contributed by atoms with E-state index >= 15 is 0 Å². The Balaban J connectivity index is 2.02. The lowest BCUT2D eigenvalue weighted by Gasteiger charge is -1.87. The van der Waals surface area contributed by atoms with Gasteiger partial charge < -0.3 is 4.84 Å². The summed E-state index contributed by atoms with van der Waals surface area (Å²) in [5.41, 5.74) is 0. The molecular weight excluding hydrogens is 126 g/mol. The molecule has 0 N–H and O–H groups in total. The summed E-state index contributed by atoms with van der Waals surface area (Å²) in [6, 6.07) is 0. The minimum absolute atomic E-state index is 0.275. The summed E-state index contributed by atoms with van der Waals surface area (Å²) in [6.07, 6.45) is 8.01. The minimum Gasteiger partial charge on any atom is -0.383 e. The van der Waals surface area contributed by atoms with Crippen molar-refractivity contribution in [3.05, 3.63) is 0 Å². The molecule has 2 atom stereocenters. The molecule has 54 valence electrons. The van der Waals surface area contributed by atoms with Gasteiger partial charge in [-0.1, -0.05) is 18.0 Å². The zero-order valence-electron chi connectivity index (χ0n) is 6.08. The molecule has 2 nitrogen and oxygen atoms in total. The van der Waals surface area contributed by atoms with Gasteiger partial charge in [0.1, 0.15) is 0 Å². The second kappa shape index (κ2) is 3.26. The first-order valence-corrected chi connectivity index (χ1v) is 3.43. The fourth-order valence-corrected chi connectivity index (χ4v) is 0.754. The van der Waals surface area contributed by atoms with Crippen molar-refractivity contribution in [2.24, 2.45) is 17.0 Å². The minimum atomic E-state index is 0.275. The first-order valence-electron chi connectivity index (χ1n) is 3.43.